The molecule has 0 N–H and O–H groups in total. The molecule has 0 atom stereocenters. The summed E-state index contributed by atoms with van der Waals surface area (Å²) in [6.07, 6.45) is 1.04. The number of benzene rings is 1. The van der Waals surface area contributed by atoms with Crippen LogP contribution in [0.5, 0.6) is 0 Å². The Morgan fingerprint density at radius 3 is 2.56 bits per heavy atom. The lowest BCUT2D eigenvalue weighted by Crippen LogP contribution is -2.04. The quantitative estimate of drug-likeness (QED) is 0.587. The molecule has 86 valence electrons. The molecule has 0 aliphatic rings. The van der Waals surface area contributed by atoms with Crippen LogP contribution in [0.2, 0.25) is 5.02 Å². The van der Waals surface area contributed by atoms with Gasteiger partial charge >= 0.3 is 5.97 Å². The van der Waals surface area contributed by atoms with Crippen molar-refractivity contribution >= 4 is 23.4 Å². The first-order valence-electron chi connectivity index (χ1n) is 4.99. The maximum absolute atomic E-state index is 11.7. The van der Waals surface area contributed by atoms with Gasteiger partial charge < -0.3 is 4.74 Å². The Morgan fingerprint density at radius 1 is 1.25 bits per heavy atom. The molecule has 0 saturated carbocycles. The van der Waals surface area contributed by atoms with Crippen LogP contribution < -0.4 is 0 Å². The molecule has 4 heteroatoms. The van der Waals surface area contributed by atoms with Crippen molar-refractivity contribution < 1.29 is 14.3 Å². The first-order chi connectivity index (χ1) is 7.65. The molecular weight excluding hydrogens is 228 g/mol. The number of ether oxygens (including phenoxy) is 1. The predicted molar refractivity (Wildman–Crippen MR) is 61.6 cm³/mol. The number of carbonyl (C=O) groups is 2. The molecule has 0 amide bonds. The minimum Gasteiger partial charge on any atom is -0.469 e. The third kappa shape index (κ3) is 3.66. The largest absolute Gasteiger partial charge is 0.469 e. The summed E-state index contributed by atoms with van der Waals surface area (Å²) in [6, 6.07) is 6.89. The molecule has 0 aromatic heterocycles. The van der Waals surface area contributed by atoms with Crippen LogP contribution in [0, 0.1) is 0 Å². The topological polar surface area (TPSA) is 43.4 Å². The van der Waals surface area contributed by atoms with Gasteiger partial charge in [0.2, 0.25) is 0 Å². The van der Waals surface area contributed by atoms with E-state index < -0.39 is 0 Å². The molecule has 0 unspecified atom stereocenters. The summed E-state index contributed by atoms with van der Waals surface area (Å²) in [5.74, 6) is -0.346. The molecule has 1 rings (SSSR count). The second-order valence-corrected chi connectivity index (χ2v) is 3.74. The van der Waals surface area contributed by atoms with Gasteiger partial charge in [0, 0.05) is 18.4 Å². The minimum atomic E-state index is -0.299. The van der Waals surface area contributed by atoms with Crippen molar-refractivity contribution in [1.82, 2.24) is 0 Å². The van der Waals surface area contributed by atoms with Crippen LogP contribution in [0.1, 0.15) is 29.6 Å². The van der Waals surface area contributed by atoms with Gasteiger partial charge in [0.25, 0.3) is 0 Å². The molecule has 0 aliphatic heterocycles. The summed E-state index contributed by atoms with van der Waals surface area (Å²) < 4.78 is 4.49. The zero-order valence-electron chi connectivity index (χ0n) is 9.03. The van der Waals surface area contributed by atoms with Crippen LogP contribution in [-0.2, 0) is 9.53 Å². The highest BCUT2D eigenvalue weighted by atomic mass is 35.5. The normalized spacial score (nSPS) is 9.88. The second-order valence-electron chi connectivity index (χ2n) is 3.33. The Labute approximate surface area is 99.4 Å². The fourth-order valence-electron chi connectivity index (χ4n) is 1.32. The van der Waals surface area contributed by atoms with Crippen LogP contribution in [0.15, 0.2) is 24.3 Å². The molecule has 0 radical (unpaired) electrons. The number of hydrogen-bond donors (Lipinski definition) is 0. The van der Waals surface area contributed by atoms with Crippen LogP contribution in [0.25, 0.3) is 0 Å². The monoisotopic (exact) mass is 240 g/mol. The van der Waals surface area contributed by atoms with Crippen molar-refractivity contribution in [2.45, 2.75) is 19.3 Å². The minimum absolute atomic E-state index is 0.0468. The van der Waals surface area contributed by atoms with E-state index in [0.717, 1.165) is 0 Å². The molecule has 0 fully saturated rings. The van der Waals surface area contributed by atoms with E-state index >= 15 is 0 Å². The standard InChI is InChI=1S/C12H13ClO3/c1-16-12(15)8-4-7-11(14)9-5-2-3-6-10(9)13/h2-3,5-6H,4,7-8H2,1H3. The van der Waals surface area contributed by atoms with E-state index in [1.165, 1.54) is 7.11 Å². The molecule has 0 bridgehead atoms. The lowest BCUT2D eigenvalue weighted by Gasteiger charge is -2.02. The molecule has 16 heavy (non-hydrogen) atoms. The third-order valence-corrected chi connectivity index (χ3v) is 2.52. The van der Waals surface area contributed by atoms with E-state index in [1.54, 1.807) is 24.3 Å². The van der Waals surface area contributed by atoms with Gasteiger partial charge in [0.1, 0.15) is 0 Å². The van der Waals surface area contributed by atoms with Gasteiger partial charge in [0.15, 0.2) is 5.78 Å². The summed E-state index contributed by atoms with van der Waals surface area (Å²) in [6.45, 7) is 0. The Hall–Kier alpha value is -1.35. The Kier molecular flexibility index (Phi) is 4.99. The lowest BCUT2D eigenvalue weighted by atomic mass is 10.1. The second kappa shape index (κ2) is 6.28. The Balaban J connectivity index is 2.47. The smallest absolute Gasteiger partial charge is 0.305 e. The van der Waals surface area contributed by atoms with Gasteiger partial charge in [-0.15, -0.1) is 0 Å². The number of halogens is 1. The summed E-state index contributed by atoms with van der Waals surface area (Å²) in [5, 5.41) is 0.450. The summed E-state index contributed by atoms with van der Waals surface area (Å²) in [5.41, 5.74) is 0.508. The fraction of sp³-hybridized carbons (Fsp3) is 0.333. The number of methoxy groups -OCH3 is 1. The molecule has 0 aliphatic carbocycles. The molecule has 0 spiro atoms. The van der Waals surface area contributed by atoms with Crippen molar-refractivity contribution in [2.75, 3.05) is 7.11 Å². The lowest BCUT2D eigenvalue weighted by molar-refractivity contribution is -0.140. The van der Waals surface area contributed by atoms with Crippen molar-refractivity contribution in [3.05, 3.63) is 34.9 Å². The molecule has 0 heterocycles. The highest BCUT2D eigenvalue weighted by Crippen LogP contribution is 2.17. The third-order valence-electron chi connectivity index (χ3n) is 2.19. The number of esters is 1. The van der Waals surface area contributed by atoms with Crippen LogP contribution in [0.4, 0.5) is 0 Å². The predicted octanol–water partition coefficient (Wildman–Crippen LogP) is 2.87. The van der Waals surface area contributed by atoms with Crippen molar-refractivity contribution in [1.29, 1.82) is 0 Å². The highest BCUT2D eigenvalue weighted by Gasteiger charge is 2.10. The van der Waals surface area contributed by atoms with E-state index in [0.29, 0.717) is 23.4 Å². The maximum Gasteiger partial charge on any atom is 0.305 e. The number of hydrogen-bond acceptors (Lipinski definition) is 3. The first-order valence-corrected chi connectivity index (χ1v) is 5.37. The molecule has 3 nitrogen and oxygen atoms in total. The summed E-state index contributed by atoms with van der Waals surface area (Å²) in [4.78, 5) is 22.5. The van der Waals surface area contributed by atoms with Crippen LogP contribution in [0.3, 0.4) is 0 Å². The van der Waals surface area contributed by atoms with Gasteiger partial charge in [-0.25, -0.2) is 0 Å². The van der Waals surface area contributed by atoms with Crippen LogP contribution in [-0.4, -0.2) is 18.9 Å². The van der Waals surface area contributed by atoms with Gasteiger partial charge in [-0.3, -0.25) is 9.59 Å². The zero-order chi connectivity index (χ0) is 12.0. The van der Waals surface area contributed by atoms with Gasteiger partial charge in [-0.05, 0) is 18.6 Å². The zero-order valence-corrected chi connectivity index (χ0v) is 9.79. The van der Waals surface area contributed by atoms with E-state index in [4.69, 9.17) is 11.6 Å². The average Bonchev–Trinajstić information content (AvgIpc) is 2.29. The average molecular weight is 241 g/mol. The maximum atomic E-state index is 11.7. The molecule has 1 aromatic carbocycles. The highest BCUT2D eigenvalue weighted by molar-refractivity contribution is 6.33. The number of carbonyl (C=O) groups excluding carboxylic acids is 2. The molecule has 1 aromatic rings. The Morgan fingerprint density at radius 2 is 1.94 bits per heavy atom. The summed E-state index contributed by atoms with van der Waals surface area (Å²) >= 11 is 5.88. The van der Waals surface area contributed by atoms with E-state index in [1.807, 2.05) is 0 Å². The van der Waals surface area contributed by atoms with Crippen molar-refractivity contribution in [3.63, 3.8) is 0 Å². The van der Waals surface area contributed by atoms with Gasteiger partial charge in [-0.1, -0.05) is 23.7 Å². The van der Waals surface area contributed by atoms with E-state index in [9.17, 15) is 9.59 Å². The molecule has 0 saturated heterocycles. The van der Waals surface area contributed by atoms with Gasteiger partial charge in [-0.2, -0.15) is 0 Å². The van der Waals surface area contributed by atoms with E-state index in [2.05, 4.69) is 4.74 Å². The van der Waals surface area contributed by atoms with Crippen molar-refractivity contribution in [2.24, 2.45) is 0 Å². The Bertz CT molecular complexity index is 388. The number of ketones is 1. The van der Waals surface area contributed by atoms with Gasteiger partial charge in [0.05, 0.1) is 12.1 Å². The van der Waals surface area contributed by atoms with Crippen LogP contribution >= 0.6 is 11.6 Å². The van der Waals surface area contributed by atoms with E-state index in [-0.39, 0.29) is 18.2 Å². The SMILES string of the molecule is COC(=O)CCCC(=O)c1ccccc1Cl. The fourth-order valence-corrected chi connectivity index (χ4v) is 1.56. The number of rotatable bonds is 5. The summed E-state index contributed by atoms with van der Waals surface area (Å²) in [7, 11) is 1.33. The molecular formula is C12H13ClO3. The number of Topliss-reactive ketones (excluding diaryl/α,β-unsaturated/α-hetero) is 1. The first kappa shape index (κ1) is 12.7. The van der Waals surface area contributed by atoms with Crippen molar-refractivity contribution in [3.8, 4) is 0 Å².